The lowest BCUT2D eigenvalue weighted by atomic mass is 10.2. The molecular weight excluding hydrogens is 288 g/mol. The van der Waals surface area contributed by atoms with Gasteiger partial charge in [-0.05, 0) is 20.3 Å². The van der Waals surface area contributed by atoms with Gasteiger partial charge in [0.05, 0.1) is 11.4 Å². The number of carboxylic acids is 1. The number of aromatic nitrogens is 2. The van der Waals surface area contributed by atoms with E-state index in [1.54, 1.807) is 0 Å². The molecule has 0 saturated carbocycles. The maximum Gasteiger partial charge on any atom is 0.321 e. The summed E-state index contributed by atoms with van der Waals surface area (Å²) >= 11 is 0. The number of rotatable bonds is 7. The summed E-state index contributed by atoms with van der Waals surface area (Å²) in [6.07, 6.45) is -0.456. The lowest BCUT2D eigenvalue weighted by Gasteiger charge is -2.14. The number of amides is 1. The number of nitrogens with one attached hydrogen (secondary N) is 2. The van der Waals surface area contributed by atoms with Crippen LogP contribution in [0.3, 0.4) is 0 Å². The molecule has 0 unspecified atom stereocenters. The minimum Gasteiger partial charge on any atom is -0.480 e. The summed E-state index contributed by atoms with van der Waals surface area (Å²) in [7, 11) is -4.05. The number of carboxylic acid groups (broad SMARTS) is 1. The van der Waals surface area contributed by atoms with Crippen molar-refractivity contribution in [3.05, 3.63) is 11.4 Å². The highest BCUT2D eigenvalue weighted by Gasteiger charge is 2.29. The Morgan fingerprint density at radius 1 is 1.45 bits per heavy atom. The van der Waals surface area contributed by atoms with Crippen molar-refractivity contribution in [2.45, 2.75) is 37.6 Å². The molecule has 1 aromatic heterocycles. The zero-order valence-corrected chi connectivity index (χ0v) is 11.8. The molecule has 1 atom stereocenters. The number of hydrogen-bond donors (Lipinski definition) is 4. The first-order chi connectivity index (χ1) is 9.15. The van der Waals surface area contributed by atoms with E-state index in [4.69, 9.17) is 10.8 Å². The summed E-state index contributed by atoms with van der Waals surface area (Å²) in [6.45, 7) is 2.99. The smallest absolute Gasteiger partial charge is 0.321 e. The lowest BCUT2D eigenvalue weighted by Crippen LogP contribution is -2.41. The van der Waals surface area contributed by atoms with Gasteiger partial charge in [0.1, 0.15) is 10.9 Å². The van der Waals surface area contributed by atoms with Gasteiger partial charge in [-0.3, -0.25) is 14.7 Å². The van der Waals surface area contributed by atoms with Crippen LogP contribution >= 0.6 is 0 Å². The van der Waals surface area contributed by atoms with Crippen molar-refractivity contribution in [2.24, 2.45) is 5.73 Å². The normalized spacial score (nSPS) is 13.1. The molecule has 0 spiro atoms. The molecule has 0 radical (unpaired) electrons. The van der Waals surface area contributed by atoms with Crippen LogP contribution in [0.5, 0.6) is 0 Å². The zero-order valence-electron chi connectivity index (χ0n) is 11.0. The van der Waals surface area contributed by atoms with E-state index in [0.717, 1.165) is 0 Å². The van der Waals surface area contributed by atoms with Crippen LogP contribution in [-0.2, 0) is 19.6 Å². The Morgan fingerprint density at radius 2 is 2.05 bits per heavy atom. The van der Waals surface area contributed by atoms with Crippen LogP contribution in [0.4, 0.5) is 0 Å². The Bertz CT molecular complexity index is 602. The maximum absolute atomic E-state index is 12.1. The van der Waals surface area contributed by atoms with E-state index in [9.17, 15) is 18.0 Å². The van der Waals surface area contributed by atoms with Gasteiger partial charge in [0.15, 0.2) is 0 Å². The molecule has 0 aliphatic carbocycles. The number of primary amides is 1. The highest BCUT2D eigenvalue weighted by Crippen LogP contribution is 2.17. The van der Waals surface area contributed by atoms with E-state index in [-0.39, 0.29) is 23.4 Å². The van der Waals surface area contributed by atoms with Crippen molar-refractivity contribution in [2.75, 3.05) is 0 Å². The number of sulfonamides is 1. The zero-order chi connectivity index (χ0) is 15.5. The molecule has 0 aliphatic heterocycles. The average molecular weight is 304 g/mol. The van der Waals surface area contributed by atoms with Gasteiger partial charge in [-0.25, -0.2) is 8.42 Å². The first-order valence-corrected chi connectivity index (χ1v) is 7.18. The third kappa shape index (κ3) is 3.78. The van der Waals surface area contributed by atoms with Gasteiger partial charge >= 0.3 is 5.97 Å². The third-order valence-electron chi connectivity index (χ3n) is 2.60. The molecule has 1 amide bonds. The second-order valence-electron chi connectivity index (χ2n) is 4.28. The first kappa shape index (κ1) is 16.1. The molecule has 1 rings (SSSR count). The molecule has 10 heteroatoms. The number of nitrogens with two attached hydrogens (primary N) is 1. The molecule has 9 nitrogen and oxygen atoms in total. The van der Waals surface area contributed by atoms with Gasteiger partial charge in [0.2, 0.25) is 15.9 Å². The van der Waals surface area contributed by atoms with Crippen molar-refractivity contribution in [3.8, 4) is 0 Å². The average Bonchev–Trinajstić information content (AvgIpc) is 2.64. The van der Waals surface area contributed by atoms with Crippen molar-refractivity contribution in [3.63, 3.8) is 0 Å². The van der Waals surface area contributed by atoms with Crippen LogP contribution in [0, 0.1) is 13.8 Å². The molecule has 1 heterocycles. The Hall–Kier alpha value is -1.94. The molecule has 112 valence electrons. The second kappa shape index (κ2) is 6.01. The van der Waals surface area contributed by atoms with Crippen molar-refractivity contribution >= 4 is 21.9 Å². The summed E-state index contributed by atoms with van der Waals surface area (Å²) in [5.41, 5.74) is 5.45. The van der Waals surface area contributed by atoms with Crippen molar-refractivity contribution in [1.29, 1.82) is 0 Å². The Morgan fingerprint density at radius 3 is 2.45 bits per heavy atom. The van der Waals surface area contributed by atoms with Crippen LogP contribution in [0.2, 0.25) is 0 Å². The fourth-order valence-electron chi connectivity index (χ4n) is 1.70. The van der Waals surface area contributed by atoms with E-state index < -0.39 is 27.9 Å². The highest BCUT2D eigenvalue weighted by molar-refractivity contribution is 7.89. The van der Waals surface area contributed by atoms with Gasteiger partial charge in [-0.15, -0.1) is 0 Å². The van der Waals surface area contributed by atoms with Crippen LogP contribution in [-0.4, -0.2) is 41.6 Å². The SMILES string of the molecule is Cc1n[nH]c(C)c1S(=O)(=O)N[C@H](CCC(N)=O)C(=O)O. The maximum atomic E-state index is 12.1. The topological polar surface area (TPSA) is 155 Å². The van der Waals surface area contributed by atoms with Crippen LogP contribution in [0.1, 0.15) is 24.2 Å². The van der Waals surface area contributed by atoms with Crippen LogP contribution in [0.25, 0.3) is 0 Å². The largest absolute Gasteiger partial charge is 0.480 e. The van der Waals surface area contributed by atoms with Crippen LogP contribution < -0.4 is 10.5 Å². The fraction of sp³-hybridized carbons (Fsp3) is 0.500. The number of carbonyl (C=O) groups is 2. The molecular formula is C10H16N4O5S. The van der Waals surface area contributed by atoms with E-state index in [1.165, 1.54) is 13.8 Å². The fourth-order valence-corrected chi connectivity index (χ4v) is 3.30. The molecule has 0 fully saturated rings. The predicted octanol–water partition coefficient (Wildman–Crippen LogP) is -0.976. The second-order valence-corrected chi connectivity index (χ2v) is 5.93. The number of hydrogen-bond acceptors (Lipinski definition) is 5. The summed E-state index contributed by atoms with van der Waals surface area (Å²) < 4.78 is 26.3. The van der Waals surface area contributed by atoms with E-state index in [1.807, 2.05) is 4.72 Å². The van der Waals surface area contributed by atoms with Gasteiger partial charge in [0.25, 0.3) is 0 Å². The molecule has 0 bridgehead atoms. The van der Waals surface area contributed by atoms with E-state index >= 15 is 0 Å². The quantitative estimate of drug-likeness (QED) is 0.507. The monoisotopic (exact) mass is 304 g/mol. The van der Waals surface area contributed by atoms with Crippen molar-refractivity contribution < 1.29 is 23.1 Å². The standard InChI is InChI=1S/C10H16N4O5S/c1-5-9(6(2)13-12-5)20(18,19)14-7(10(16)17)3-4-8(11)15/h7,14H,3-4H2,1-2H3,(H2,11,15)(H,12,13)(H,16,17)/t7-/m1/s1. The Kier molecular flexibility index (Phi) is 4.84. The molecule has 0 saturated heterocycles. The van der Waals surface area contributed by atoms with Gasteiger partial charge in [-0.2, -0.15) is 9.82 Å². The van der Waals surface area contributed by atoms with Crippen molar-refractivity contribution in [1.82, 2.24) is 14.9 Å². The summed E-state index contributed by atoms with van der Waals surface area (Å²) in [6, 6.07) is -1.43. The summed E-state index contributed by atoms with van der Waals surface area (Å²) in [5.74, 6) is -2.08. The Balaban J connectivity index is 2.98. The van der Waals surface area contributed by atoms with E-state index in [2.05, 4.69) is 10.2 Å². The number of aryl methyl sites for hydroxylation is 2. The van der Waals surface area contributed by atoms with Gasteiger partial charge in [0, 0.05) is 6.42 Å². The Labute approximate surface area is 115 Å². The van der Waals surface area contributed by atoms with Gasteiger partial charge < -0.3 is 10.8 Å². The lowest BCUT2D eigenvalue weighted by molar-refractivity contribution is -0.139. The molecule has 20 heavy (non-hydrogen) atoms. The third-order valence-corrected chi connectivity index (χ3v) is 4.34. The minimum absolute atomic E-state index is 0.0946. The summed E-state index contributed by atoms with van der Waals surface area (Å²) in [4.78, 5) is 21.6. The van der Waals surface area contributed by atoms with Crippen LogP contribution in [0.15, 0.2) is 4.90 Å². The number of nitrogens with zero attached hydrogens (tertiary/aromatic N) is 1. The summed E-state index contributed by atoms with van der Waals surface area (Å²) in [5, 5.41) is 15.2. The first-order valence-electron chi connectivity index (χ1n) is 5.70. The number of aliphatic carboxylic acids is 1. The predicted molar refractivity (Wildman–Crippen MR) is 68.2 cm³/mol. The number of aromatic amines is 1. The van der Waals surface area contributed by atoms with Gasteiger partial charge in [-0.1, -0.05) is 0 Å². The molecule has 0 aliphatic rings. The molecule has 0 aromatic carbocycles. The number of carbonyl (C=O) groups excluding carboxylic acids is 1. The minimum atomic E-state index is -4.05. The number of H-pyrrole nitrogens is 1. The highest BCUT2D eigenvalue weighted by atomic mass is 32.2. The molecule has 5 N–H and O–H groups in total. The van der Waals surface area contributed by atoms with E-state index in [0.29, 0.717) is 5.69 Å². The molecule has 1 aromatic rings.